The third-order valence-corrected chi connectivity index (χ3v) is 23.5. The summed E-state index contributed by atoms with van der Waals surface area (Å²) in [6.07, 6.45) is 6.38. The van der Waals surface area contributed by atoms with E-state index in [-0.39, 0.29) is 166 Å². The van der Waals surface area contributed by atoms with E-state index in [9.17, 15) is 96.8 Å². The van der Waals surface area contributed by atoms with Gasteiger partial charge in [-0.25, -0.2) is 24.2 Å². The number of carbonyl (C=O) groups is 17. The molecule has 1 aromatic heterocycles. The minimum atomic E-state index is -1.28. The molecule has 0 bridgehead atoms. The van der Waals surface area contributed by atoms with Crippen molar-refractivity contribution >= 4 is 140 Å². The lowest BCUT2D eigenvalue weighted by atomic mass is 9.82. The highest BCUT2D eigenvalue weighted by Crippen LogP contribution is 2.33. The van der Waals surface area contributed by atoms with Gasteiger partial charge < -0.3 is 82.1 Å². The average Bonchev–Trinajstić information content (AvgIpc) is 1.77. The number of aliphatic carboxylic acids is 5. The highest BCUT2D eigenvalue weighted by atomic mass is 33.1. The number of likely N-dealkylation sites (N-methyl/N-ethyl adjacent to an activating group) is 1. The molecule has 1 aliphatic heterocycles. The average molecular weight is 1850 g/mol. The first-order valence-corrected chi connectivity index (χ1v) is 45.4. The summed E-state index contributed by atoms with van der Waals surface area (Å²) in [6.45, 7) is 18.8. The Morgan fingerprint density at radius 2 is 1.28 bits per heavy atom. The zero-order chi connectivity index (χ0) is 95.8. The van der Waals surface area contributed by atoms with Gasteiger partial charge >= 0.3 is 66.0 Å². The first kappa shape index (κ1) is 114. The predicted molar refractivity (Wildman–Crippen MR) is 468 cm³/mol. The van der Waals surface area contributed by atoms with E-state index in [0.717, 1.165) is 47.7 Å². The van der Waals surface area contributed by atoms with Gasteiger partial charge in [-0.15, -0.1) is 11.3 Å². The molecule has 0 radical (unpaired) electrons. The fourth-order valence-electron chi connectivity index (χ4n) is 13.0. The number of Topliss-reactive ketones (excluding diaryl/α,β-unsaturated/α-hetero) is 4. The molecule has 4 rings (SSSR count). The molecule has 0 spiro atoms. The van der Waals surface area contributed by atoms with E-state index in [0.29, 0.717) is 61.4 Å². The lowest BCUT2D eigenvalue weighted by Gasteiger charge is -2.32. The highest BCUT2D eigenvalue weighted by Gasteiger charge is 2.34. The summed E-state index contributed by atoms with van der Waals surface area (Å²) in [6, 6.07) is 8.63. The smallest absolute Gasteiger partial charge is 0.373 e. The number of phenols is 1. The van der Waals surface area contributed by atoms with Crippen LogP contribution in [-0.2, 0) is 110 Å². The summed E-state index contributed by atoms with van der Waals surface area (Å²) in [5.74, 6) is -10.4. The maximum Gasteiger partial charge on any atom is 0.373 e. The number of aromatic nitrogens is 1. The molecule has 1 saturated heterocycles. The van der Waals surface area contributed by atoms with E-state index in [1.54, 1.807) is 62.5 Å². The zero-order valence-electron chi connectivity index (χ0n) is 74.4. The molecule has 41 heteroatoms. The summed E-state index contributed by atoms with van der Waals surface area (Å²) in [5, 5.41) is 74.4. The van der Waals surface area contributed by atoms with Crippen LogP contribution >= 0.6 is 32.9 Å². The third-order valence-electron chi connectivity index (χ3n) is 20.2. The number of esters is 3. The first-order valence-electron chi connectivity index (χ1n) is 42.1. The third kappa shape index (κ3) is 50.4. The molecule has 127 heavy (non-hydrogen) atoms. The van der Waals surface area contributed by atoms with E-state index in [2.05, 4.69) is 60.9 Å². The van der Waals surface area contributed by atoms with Crippen molar-refractivity contribution in [1.82, 2.24) is 52.0 Å². The number of likely N-dealkylation sites (tertiary alicyclic amines) is 1. The van der Waals surface area contributed by atoms with Gasteiger partial charge in [-0.1, -0.05) is 126 Å². The number of thiazole rings is 1. The van der Waals surface area contributed by atoms with Crippen LogP contribution in [0.5, 0.6) is 5.75 Å². The van der Waals surface area contributed by atoms with Crippen LogP contribution in [0.2, 0.25) is 0 Å². The lowest BCUT2D eigenvalue weighted by Crippen LogP contribution is -2.46. The largest absolute Gasteiger partial charge is 0.508 e. The normalized spacial score (nSPS) is 14.6. The second-order valence-electron chi connectivity index (χ2n) is 31.1. The van der Waals surface area contributed by atoms with Crippen molar-refractivity contribution in [2.75, 3.05) is 65.1 Å². The van der Waals surface area contributed by atoms with Crippen LogP contribution in [-0.4, -0.2) is 248 Å². The van der Waals surface area contributed by atoms with Crippen molar-refractivity contribution in [1.29, 1.82) is 0 Å². The SMILES string of the molecule is CCC(=O)[C@H](CC(=O)O)NC(=O)Cc1ccc(CNC(=O)NCCCC[C@H](NC(=O)NCCCC(=O)O)C(=O)O)cc1.CCC(C)[C@H](CC(=O)[C@H]1CCCCN1C)C(C)=O.CCCC(=O)OCN(C)[C@H](C[C@@H](OC(C)=O)c1nc(C(=O)C[C@@H](Cc2ccc(O)cc2)C[C@H](C)C(=O)NCC(=O)OCCSSC[C@H](NC(=O)[C@@H](C)CC(=O)O)C(=O)O)cs1)C(C)C.O=C=O. The number of unbranched alkanes of at least 4 members (excludes halogenated alkanes) is 1. The number of nitrogens with one attached hydrogen (secondary N) is 7. The van der Waals surface area contributed by atoms with Crippen LogP contribution in [0, 0.1) is 35.5 Å². The number of nitrogens with zero attached hydrogens (tertiary/aromatic N) is 3. The molecule has 2 aromatic carbocycles. The molecule has 7 amide bonds. The number of urea groups is 2. The van der Waals surface area contributed by atoms with Crippen LogP contribution in [0.4, 0.5) is 9.59 Å². The number of aromatic hydroxyl groups is 1. The van der Waals surface area contributed by atoms with Crippen molar-refractivity contribution in [3.63, 3.8) is 0 Å². The van der Waals surface area contributed by atoms with Crippen LogP contribution in [0.15, 0.2) is 53.9 Å². The Kier molecular flexibility index (Phi) is 57.6. The Bertz CT molecular complexity index is 4050. The van der Waals surface area contributed by atoms with Gasteiger partial charge in [-0.3, -0.25) is 72.1 Å². The number of phenolic OH excluding ortho intramolecular Hbond substituents is 1. The quantitative estimate of drug-likeness (QED) is 0.00633. The Hall–Kier alpha value is -10.7. The number of carbonyl (C=O) groups excluding carboxylic acids is 14. The lowest BCUT2D eigenvalue weighted by molar-refractivity contribution is -0.192. The van der Waals surface area contributed by atoms with E-state index in [1.165, 1.54) is 54.5 Å². The molecular formula is C86H128N10O28S3. The van der Waals surface area contributed by atoms with Gasteiger partial charge in [0.2, 0.25) is 17.7 Å². The molecular weight excluding hydrogens is 1720 g/mol. The fraction of sp³-hybridized carbons (Fsp3) is 0.616. The van der Waals surface area contributed by atoms with Crippen LogP contribution in [0.1, 0.15) is 223 Å². The Balaban J connectivity index is 0.00000108. The van der Waals surface area contributed by atoms with Gasteiger partial charge in [-0.2, -0.15) is 9.59 Å². The summed E-state index contributed by atoms with van der Waals surface area (Å²) in [5.41, 5.74) is 2.41. The number of hydrogen-bond donors (Lipinski definition) is 13. The van der Waals surface area contributed by atoms with Gasteiger partial charge in [0.15, 0.2) is 23.5 Å². The Labute approximate surface area is 752 Å². The number of carboxylic acid groups (broad SMARTS) is 5. The van der Waals surface area contributed by atoms with Crippen LogP contribution < -0.4 is 37.2 Å². The zero-order valence-corrected chi connectivity index (χ0v) is 76.8. The molecule has 1 fully saturated rings. The van der Waals surface area contributed by atoms with Crippen molar-refractivity contribution in [3.05, 3.63) is 81.3 Å². The van der Waals surface area contributed by atoms with Crippen molar-refractivity contribution in [3.8, 4) is 5.75 Å². The summed E-state index contributed by atoms with van der Waals surface area (Å²) in [4.78, 5) is 228. The number of ketones is 4. The van der Waals surface area contributed by atoms with Crippen LogP contribution in [0.25, 0.3) is 0 Å². The summed E-state index contributed by atoms with van der Waals surface area (Å²) < 4.78 is 16.3. The summed E-state index contributed by atoms with van der Waals surface area (Å²) >= 11 is 1.19. The van der Waals surface area contributed by atoms with Crippen molar-refractivity contribution in [2.45, 2.75) is 241 Å². The molecule has 38 nitrogen and oxygen atoms in total. The molecule has 708 valence electrons. The Morgan fingerprint density at radius 1 is 0.654 bits per heavy atom. The van der Waals surface area contributed by atoms with Crippen LogP contribution in [0.3, 0.4) is 0 Å². The van der Waals surface area contributed by atoms with Crippen molar-refractivity contribution < 1.29 is 136 Å². The second kappa shape index (κ2) is 64.1. The first-order chi connectivity index (χ1) is 60.0. The maximum absolute atomic E-state index is 13.8. The number of hydrogen-bond acceptors (Lipinski definition) is 29. The fourth-order valence-corrected chi connectivity index (χ4v) is 15.9. The standard InChI is InChI=1S/C43H62N4O14S3.C27H39N5O10.C15H27NO2.CO2/c1-8-9-38(53)60-24-47(7)34(25(2)3)20-36(61-28(6)48)42-46-32(22-62-42)35(50)19-30(18-29-10-12-31(49)13-11-29)16-26(4)40(55)44-21-39(54)59-14-15-63-64-23-33(43(57)58)45-41(56)27(5)17-37(51)52;1-2-21(33)20(15-24(37)38)31-22(34)14-17-8-10-18(11-9-17)16-30-26(41)28-12-4-3-6-19(25(39)40)32-27(42)29-13-5-7-23(35)36;1-5-11(2)13(12(3)17)10-15(18)14-8-6-7-9-16(14)4;2-1-3/h10-13,22,25-27,30,33-34,36,49H,8-9,14-21,23-24H2,1-7H3,(H,44,55)(H,45,56)(H,51,52)(H,57,58);8-11,19-20H,2-7,12-16H2,1H3,(H,31,34)(H,35,36)(H,37,38)(H,39,40)(H2,28,30,41)(H2,29,32,42);11,13-14H,5-10H2,1-4H3;/t26-,27-,30+,33-,34+,36+;19-,20-;11?,13-,14+;/m000./s1. The molecule has 0 saturated carbocycles. The number of rotatable bonds is 57. The minimum Gasteiger partial charge on any atom is -0.508 e. The van der Waals surface area contributed by atoms with E-state index in [4.69, 9.17) is 39.1 Å². The molecule has 2 heterocycles. The molecule has 1 unspecified atom stereocenters. The van der Waals surface area contributed by atoms with Gasteiger partial charge in [0, 0.05) is 106 Å². The molecule has 1 aliphatic rings. The molecule has 13 N–H and O–H groups in total. The highest BCUT2D eigenvalue weighted by molar-refractivity contribution is 8.76. The number of piperidine rings is 1. The maximum atomic E-state index is 13.8. The number of carboxylic acids is 5. The van der Waals surface area contributed by atoms with E-state index in [1.807, 2.05) is 39.8 Å². The topological polar surface area (TPSA) is 577 Å². The summed E-state index contributed by atoms with van der Waals surface area (Å²) in [7, 11) is 6.17. The Morgan fingerprint density at radius 3 is 1.85 bits per heavy atom. The van der Waals surface area contributed by atoms with Gasteiger partial charge in [0.25, 0.3) is 0 Å². The van der Waals surface area contributed by atoms with Gasteiger partial charge in [-0.05, 0) is 132 Å². The van der Waals surface area contributed by atoms with Gasteiger partial charge in [0.1, 0.15) is 54.2 Å². The molecule has 0 aliphatic carbocycles. The minimum absolute atomic E-state index is 0.0154. The molecule has 3 aromatic rings. The second-order valence-corrected chi connectivity index (χ2v) is 34.6. The number of benzene rings is 2. The number of amides is 7. The van der Waals surface area contributed by atoms with E-state index < -0.39 is 127 Å². The number of ether oxygens (including phenoxy) is 3. The van der Waals surface area contributed by atoms with Gasteiger partial charge in [0.05, 0.1) is 31.3 Å². The van der Waals surface area contributed by atoms with E-state index >= 15 is 0 Å². The predicted octanol–water partition coefficient (Wildman–Crippen LogP) is 8.13. The monoisotopic (exact) mass is 1840 g/mol. The van der Waals surface area contributed by atoms with Crippen molar-refractivity contribution in [2.24, 2.45) is 35.5 Å². The molecule has 11 atom stereocenters.